The maximum Gasteiger partial charge on any atom is 0.355 e. The number of aromatic nitrogens is 1. The van der Waals surface area contributed by atoms with Crippen LogP contribution in [0.4, 0.5) is 5.69 Å². The minimum atomic E-state index is -3.74. The molecule has 8 heteroatoms. The van der Waals surface area contributed by atoms with E-state index in [1.807, 2.05) is 12.1 Å². The fraction of sp³-hybridized carbons (Fsp3) is 0.318. The topological polar surface area (TPSA) is 79.5 Å². The van der Waals surface area contributed by atoms with Crippen LogP contribution in [-0.2, 0) is 20.2 Å². The Hall–Kier alpha value is -2.32. The fourth-order valence-electron chi connectivity index (χ4n) is 3.11. The molecule has 0 saturated carbocycles. The molecule has 6 nitrogen and oxygen atoms in total. The summed E-state index contributed by atoms with van der Waals surface area (Å²) in [5, 5.41) is 0.695. The van der Waals surface area contributed by atoms with E-state index in [2.05, 4.69) is 41.7 Å². The normalized spacial score (nSPS) is 12.2. The van der Waals surface area contributed by atoms with Crippen molar-refractivity contribution in [2.24, 2.45) is 0 Å². The Balaban J connectivity index is 1.98. The highest BCUT2D eigenvalue weighted by Gasteiger charge is 2.24. The first kappa shape index (κ1) is 22.4. The van der Waals surface area contributed by atoms with E-state index in [0.29, 0.717) is 26.8 Å². The quantitative estimate of drug-likeness (QED) is 0.494. The number of benzene rings is 2. The van der Waals surface area contributed by atoms with Gasteiger partial charge < -0.3 is 9.72 Å². The van der Waals surface area contributed by atoms with Crippen LogP contribution < -0.4 is 4.31 Å². The smallest absolute Gasteiger partial charge is 0.355 e. The van der Waals surface area contributed by atoms with Crippen LogP contribution in [0.1, 0.15) is 43.7 Å². The van der Waals surface area contributed by atoms with E-state index in [9.17, 15) is 13.2 Å². The van der Waals surface area contributed by atoms with Crippen molar-refractivity contribution in [2.45, 2.75) is 38.0 Å². The number of anilines is 1. The summed E-state index contributed by atoms with van der Waals surface area (Å²) in [7, 11) is -2.22. The van der Waals surface area contributed by atoms with E-state index in [4.69, 9.17) is 4.74 Å². The number of nitrogens with one attached hydrogen (secondary N) is 1. The summed E-state index contributed by atoms with van der Waals surface area (Å²) < 4.78 is 33.1. The number of aromatic amines is 1. The zero-order valence-corrected chi connectivity index (χ0v) is 20.0. The lowest BCUT2D eigenvalue weighted by atomic mass is 9.87. The van der Waals surface area contributed by atoms with Gasteiger partial charge in [0.2, 0.25) is 0 Å². The second-order valence-corrected chi connectivity index (χ2v) is 10.8. The van der Waals surface area contributed by atoms with Crippen LogP contribution in [0.5, 0.6) is 0 Å². The molecular formula is C22H25BrN2O4S. The van der Waals surface area contributed by atoms with E-state index in [0.717, 1.165) is 5.56 Å². The molecule has 0 spiro atoms. The lowest BCUT2D eigenvalue weighted by Crippen LogP contribution is -2.26. The molecule has 3 rings (SSSR count). The van der Waals surface area contributed by atoms with E-state index >= 15 is 0 Å². The molecular weight excluding hydrogens is 468 g/mol. The molecule has 0 amide bonds. The van der Waals surface area contributed by atoms with Gasteiger partial charge in [-0.3, -0.25) is 4.31 Å². The highest BCUT2D eigenvalue weighted by Crippen LogP contribution is 2.33. The lowest BCUT2D eigenvalue weighted by molar-refractivity contribution is 0.0519. The monoisotopic (exact) mass is 492 g/mol. The molecule has 0 radical (unpaired) electrons. The number of sulfonamides is 1. The van der Waals surface area contributed by atoms with Crippen LogP contribution in [-0.4, -0.2) is 33.0 Å². The van der Waals surface area contributed by atoms with Gasteiger partial charge in [-0.2, -0.15) is 0 Å². The van der Waals surface area contributed by atoms with Crippen molar-refractivity contribution < 1.29 is 17.9 Å². The van der Waals surface area contributed by atoms with Gasteiger partial charge in [0, 0.05) is 18.0 Å². The number of nitrogens with zero attached hydrogens (tertiary/aromatic N) is 1. The summed E-state index contributed by atoms with van der Waals surface area (Å²) in [6, 6.07) is 12.1. The first-order valence-electron chi connectivity index (χ1n) is 9.54. The number of hydrogen-bond donors (Lipinski definition) is 1. The van der Waals surface area contributed by atoms with Gasteiger partial charge in [-0.15, -0.1) is 0 Å². The van der Waals surface area contributed by atoms with Crippen molar-refractivity contribution in [2.75, 3.05) is 18.0 Å². The zero-order chi connectivity index (χ0) is 22.3. The maximum atomic E-state index is 13.1. The third-order valence-electron chi connectivity index (χ3n) is 4.94. The first-order valence-corrected chi connectivity index (χ1v) is 11.8. The lowest BCUT2D eigenvalue weighted by Gasteiger charge is -2.22. The van der Waals surface area contributed by atoms with Crippen LogP contribution in [0, 0.1) is 0 Å². The molecule has 1 aromatic heterocycles. The Kier molecular flexibility index (Phi) is 6.02. The number of carbonyl (C=O) groups is 1. The van der Waals surface area contributed by atoms with Crippen LogP contribution in [0.25, 0.3) is 10.9 Å². The van der Waals surface area contributed by atoms with Crippen LogP contribution >= 0.6 is 15.9 Å². The van der Waals surface area contributed by atoms with Gasteiger partial charge in [0.1, 0.15) is 5.69 Å². The highest BCUT2D eigenvalue weighted by molar-refractivity contribution is 9.10. The van der Waals surface area contributed by atoms with Crippen molar-refractivity contribution in [3.8, 4) is 0 Å². The predicted molar refractivity (Wildman–Crippen MR) is 123 cm³/mol. The van der Waals surface area contributed by atoms with Gasteiger partial charge in [-0.1, -0.05) is 32.9 Å². The minimum Gasteiger partial charge on any atom is -0.461 e. The van der Waals surface area contributed by atoms with Crippen molar-refractivity contribution >= 4 is 48.5 Å². The molecule has 0 saturated heterocycles. The standard InChI is InChI=1S/C22H25BrN2O4S/c1-6-29-21(26)20-19(23)17-13-15(9-12-18(17)24-20)25(5)30(27,28)16-10-7-14(8-11-16)22(2,3)4/h7-13,24H,6H2,1-5H3. The van der Waals surface area contributed by atoms with Gasteiger partial charge >= 0.3 is 5.97 Å². The van der Waals surface area contributed by atoms with E-state index in [-0.39, 0.29) is 16.9 Å². The Morgan fingerprint density at radius 1 is 1.13 bits per heavy atom. The Bertz CT molecular complexity index is 1190. The number of esters is 1. The average molecular weight is 493 g/mol. The summed E-state index contributed by atoms with van der Waals surface area (Å²) in [5.41, 5.74) is 2.49. The summed E-state index contributed by atoms with van der Waals surface area (Å²) in [5.74, 6) is -0.470. The van der Waals surface area contributed by atoms with E-state index in [1.54, 1.807) is 37.3 Å². The Labute approximate surface area is 185 Å². The fourth-order valence-corrected chi connectivity index (χ4v) is 4.89. The zero-order valence-electron chi connectivity index (χ0n) is 17.6. The summed E-state index contributed by atoms with van der Waals surface area (Å²) in [6.07, 6.45) is 0. The van der Waals surface area contributed by atoms with Crippen LogP contribution in [0.2, 0.25) is 0 Å². The Morgan fingerprint density at radius 3 is 2.33 bits per heavy atom. The average Bonchev–Trinajstić information content (AvgIpc) is 3.03. The van der Waals surface area contributed by atoms with Gasteiger partial charge in [-0.05, 0) is 64.2 Å². The molecule has 0 aliphatic carbocycles. The molecule has 0 unspecified atom stereocenters. The van der Waals surface area contributed by atoms with E-state index < -0.39 is 16.0 Å². The van der Waals surface area contributed by atoms with Crippen molar-refractivity contribution in [1.29, 1.82) is 0 Å². The summed E-state index contributed by atoms with van der Waals surface area (Å²) >= 11 is 3.43. The van der Waals surface area contributed by atoms with Gasteiger partial charge in [-0.25, -0.2) is 13.2 Å². The van der Waals surface area contributed by atoms with Gasteiger partial charge in [0.15, 0.2) is 0 Å². The second-order valence-electron chi connectivity index (χ2n) is 8.01. The maximum absolute atomic E-state index is 13.1. The van der Waals surface area contributed by atoms with Gasteiger partial charge in [0.25, 0.3) is 10.0 Å². The second kappa shape index (κ2) is 8.07. The number of H-pyrrole nitrogens is 1. The SMILES string of the molecule is CCOC(=O)c1[nH]c2ccc(N(C)S(=O)(=O)c3ccc(C(C)(C)C)cc3)cc2c1Br. The number of carbonyl (C=O) groups excluding carboxylic acids is 1. The first-order chi connectivity index (χ1) is 14.0. The third-order valence-corrected chi connectivity index (χ3v) is 7.56. The third kappa shape index (κ3) is 4.11. The largest absolute Gasteiger partial charge is 0.461 e. The highest BCUT2D eigenvalue weighted by atomic mass is 79.9. The molecule has 160 valence electrons. The Morgan fingerprint density at radius 2 is 1.77 bits per heavy atom. The molecule has 2 aromatic carbocycles. The molecule has 0 aliphatic heterocycles. The summed E-state index contributed by atoms with van der Waals surface area (Å²) in [6.45, 7) is 8.24. The number of rotatable bonds is 5. The summed E-state index contributed by atoms with van der Waals surface area (Å²) in [4.78, 5) is 15.3. The van der Waals surface area contributed by atoms with Crippen molar-refractivity contribution in [3.05, 3.63) is 58.2 Å². The molecule has 30 heavy (non-hydrogen) atoms. The molecule has 3 aromatic rings. The number of hydrogen-bond acceptors (Lipinski definition) is 4. The molecule has 0 aliphatic rings. The number of fused-ring (bicyclic) bond motifs is 1. The molecule has 0 fully saturated rings. The van der Waals surface area contributed by atoms with Crippen LogP contribution in [0.3, 0.4) is 0 Å². The molecule has 1 heterocycles. The molecule has 0 atom stereocenters. The van der Waals surface area contributed by atoms with Crippen molar-refractivity contribution in [3.63, 3.8) is 0 Å². The van der Waals surface area contributed by atoms with Crippen LogP contribution in [0.15, 0.2) is 51.8 Å². The van der Waals surface area contributed by atoms with E-state index in [1.165, 1.54) is 11.4 Å². The number of halogens is 1. The van der Waals surface area contributed by atoms with Gasteiger partial charge in [0.05, 0.1) is 21.7 Å². The predicted octanol–water partition coefficient (Wildman–Crippen LogP) is 5.23. The molecule has 0 bridgehead atoms. The molecule has 1 N–H and O–H groups in total. The minimum absolute atomic E-state index is 0.0591. The van der Waals surface area contributed by atoms with Crippen molar-refractivity contribution in [1.82, 2.24) is 4.98 Å². The number of ether oxygens (including phenoxy) is 1.